The molecule has 1 aliphatic rings. The molecule has 4 aromatic carbocycles. The minimum absolute atomic E-state index is 0.0499. The van der Waals surface area contributed by atoms with Gasteiger partial charge in [0.2, 0.25) is 5.91 Å². The Balaban J connectivity index is 1.44. The molecular formula is C30H27N3O. The van der Waals surface area contributed by atoms with Crippen LogP contribution >= 0.6 is 0 Å². The molecule has 2 heterocycles. The Bertz CT molecular complexity index is 1520. The zero-order valence-corrected chi connectivity index (χ0v) is 19.5. The van der Waals surface area contributed by atoms with E-state index in [0.717, 1.165) is 40.2 Å². The first kappa shape index (κ1) is 20.7. The summed E-state index contributed by atoms with van der Waals surface area (Å²) in [6.45, 7) is 5.55. The summed E-state index contributed by atoms with van der Waals surface area (Å²) in [4.78, 5) is 20.2. The first-order valence-electron chi connectivity index (χ1n) is 11.9. The van der Waals surface area contributed by atoms with Gasteiger partial charge in [0.15, 0.2) is 0 Å². The smallest absolute Gasteiger partial charge is 0.227 e. The van der Waals surface area contributed by atoms with E-state index in [2.05, 4.69) is 97.3 Å². The number of imidazole rings is 1. The molecule has 4 heteroatoms. The Morgan fingerprint density at radius 3 is 2.41 bits per heavy atom. The lowest BCUT2D eigenvalue weighted by Gasteiger charge is -2.22. The molecule has 1 aliphatic heterocycles. The van der Waals surface area contributed by atoms with E-state index in [4.69, 9.17) is 4.98 Å². The minimum Gasteiger partial charge on any atom is -0.323 e. The maximum Gasteiger partial charge on any atom is 0.227 e. The molecule has 0 N–H and O–H groups in total. The fourth-order valence-electron chi connectivity index (χ4n) is 5.50. The number of amides is 1. The Labute approximate surface area is 199 Å². The third-order valence-corrected chi connectivity index (χ3v) is 7.09. The molecule has 0 radical (unpaired) electrons. The molecule has 1 unspecified atom stereocenters. The van der Waals surface area contributed by atoms with Crippen molar-refractivity contribution in [3.05, 3.63) is 107 Å². The maximum atomic E-state index is 13.2. The Kier molecular flexibility index (Phi) is 4.95. The highest BCUT2D eigenvalue weighted by Gasteiger charge is 2.36. The van der Waals surface area contributed by atoms with Crippen LogP contribution in [-0.4, -0.2) is 22.0 Å². The summed E-state index contributed by atoms with van der Waals surface area (Å²) in [6, 6.07) is 29.5. The fraction of sp³-hybridized carbons (Fsp3) is 0.200. The predicted octanol–water partition coefficient (Wildman–Crippen LogP) is 6.38. The van der Waals surface area contributed by atoms with Crippen molar-refractivity contribution < 1.29 is 4.79 Å². The van der Waals surface area contributed by atoms with Crippen LogP contribution in [0.15, 0.2) is 84.9 Å². The molecule has 0 aliphatic carbocycles. The van der Waals surface area contributed by atoms with Crippen LogP contribution in [-0.2, 0) is 11.3 Å². The number of para-hydroxylation sites is 3. The van der Waals surface area contributed by atoms with Crippen molar-refractivity contribution in [1.82, 2.24) is 9.55 Å². The molecule has 0 spiro atoms. The molecule has 0 saturated carbocycles. The van der Waals surface area contributed by atoms with Crippen molar-refractivity contribution in [1.29, 1.82) is 0 Å². The first-order chi connectivity index (χ1) is 16.6. The summed E-state index contributed by atoms with van der Waals surface area (Å²) < 4.78 is 2.32. The van der Waals surface area contributed by atoms with Crippen molar-refractivity contribution >= 4 is 33.4 Å². The topological polar surface area (TPSA) is 38.1 Å². The standard InChI is InChI=1S/C30H27N3O/c1-20-9-7-10-21(2)29(20)33-19-24(17-28(33)34)30-31-26-15-5-6-16-27(26)32(30)18-23-13-8-12-22-11-3-4-14-25(22)23/h3-16,24H,17-19H2,1-2H3. The molecule has 1 fully saturated rings. The number of carbonyl (C=O) groups excluding carboxylic acids is 1. The van der Waals surface area contributed by atoms with Gasteiger partial charge in [-0.05, 0) is 53.4 Å². The summed E-state index contributed by atoms with van der Waals surface area (Å²) in [6.07, 6.45) is 0.479. The van der Waals surface area contributed by atoms with Gasteiger partial charge < -0.3 is 9.47 Å². The van der Waals surface area contributed by atoms with Gasteiger partial charge in [0.1, 0.15) is 5.82 Å². The van der Waals surface area contributed by atoms with Crippen molar-refractivity contribution in [2.45, 2.75) is 32.7 Å². The van der Waals surface area contributed by atoms with E-state index in [1.165, 1.54) is 16.3 Å². The first-order valence-corrected chi connectivity index (χ1v) is 11.9. The number of hydrogen-bond donors (Lipinski definition) is 0. The van der Waals surface area contributed by atoms with Crippen LogP contribution in [0.1, 0.15) is 34.9 Å². The normalized spacial score (nSPS) is 16.1. The second kappa shape index (κ2) is 8.14. The summed E-state index contributed by atoms with van der Waals surface area (Å²) in [7, 11) is 0. The number of aromatic nitrogens is 2. The van der Waals surface area contributed by atoms with Gasteiger partial charge in [-0.25, -0.2) is 4.98 Å². The lowest BCUT2D eigenvalue weighted by molar-refractivity contribution is -0.117. The quantitative estimate of drug-likeness (QED) is 0.322. The van der Waals surface area contributed by atoms with Gasteiger partial charge >= 0.3 is 0 Å². The van der Waals surface area contributed by atoms with E-state index in [1.54, 1.807) is 0 Å². The molecule has 4 nitrogen and oxygen atoms in total. The van der Waals surface area contributed by atoms with Crippen LogP contribution in [0.3, 0.4) is 0 Å². The number of carbonyl (C=O) groups is 1. The Hall–Kier alpha value is -3.92. The number of nitrogens with zero attached hydrogens (tertiary/aromatic N) is 3. The largest absolute Gasteiger partial charge is 0.323 e. The van der Waals surface area contributed by atoms with Gasteiger partial charge in [0.25, 0.3) is 0 Å². The molecule has 6 rings (SSSR count). The monoisotopic (exact) mass is 445 g/mol. The maximum absolute atomic E-state index is 13.2. The zero-order chi connectivity index (χ0) is 23.2. The number of benzene rings is 4. The number of anilines is 1. The minimum atomic E-state index is 0.0499. The van der Waals surface area contributed by atoms with Gasteiger partial charge in [-0.2, -0.15) is 0 Å². The van der Waals surface area contributed by atoms with E-state index >= 15 is 0 Å². The van der Waals surface area contributed by atoms with Crippen LogP contribution in [0.25, 0.3) is 21.8 Å². The van der Waals surface area contributed by atoms with Gasteiger partial charge in [-0.1, -0.05) is 72.8 Å². The number of rotatable bonds is 4. The van der Waals surface area contributed by atoms with Crippen molar-refractivity contribution in [3.8, 4) is 0 Å². The number of hydrogen-bond acceptors (Lipinski definition) is 2. The highest BCUT2D eigenvalue weighted by molar-refractivity contribution is 5.98. The summed E-state index contributed by atoms with van der Waals surface area (Å²) in [5.41, 5.74) is 6.68. The Morgan fingerprint density at radius 1 is 0.853 bits per heavy atom. The van der Waals surface area contributed by atoms with Gasteiger partial charge in [-0.3, -0.25) is 4.79 Å². The highest BCUT2D eigenvalue weighted by Crippen LogP contribution is 2.36. The molecule has 1 atom stereocenters. The van der Waals surface area contributed by atoms with Crippen molar-refractivity contribution in [3.63, 3.8) is 0 Å². The van der Waals surface area contributed by atoms with Crippen LogP contribution in [0, 0.1) is 13.8 Å². The molecule has 168 valence electrons. The lowest BCUT2D eigenvalue weighted by Crippen LogP contribution is -2.26. The predicted molar refractivity (Wildman–Crippen MR) is 138 cm³/mol. The number of fused-ring (bicyclic) bond motifs is 2. The highest BCUT2D eigenvalue weighted by atomic mass is 16.2. The molecule has 0 bridgehead atoms. The molecule has 34 heavy (non-hydrogen) atoms. The third kappa shape index (κ3) is 3.38. The number of aryl methyl sites for hydroxylation is 2. The molecule has 5 aromatic rings. The molecule has 1 saturated heterocycles. The van der Waals surface area contributed by atoms with Gasteiger partial charge in [0.05, 0.1) is 11.0 Å². The van der Waals surface area contributed by atoms with E-state index in [9.17, 15) is 4.79 Å². The van der Waals surface area contributed by atoms with Gasteiger partial charge in [-0.15, -0.1) is 0 Å². The van der Waals surface area contributed by atoms with E-state index in [0.29, 0.717) is 13.0 Å². The van der Waals surface area contributed by atoms with Crippen LogP contribution in [0.4, 0.5) is 5.69 Å². The van der Waals surface area contributed by atoms with E-state index in [-0.39, 0.29) is 11.8 Å². The van der Waals surface area contributed by atoms with Crippen LogP contribution in [0.2, 0.25) is 0 Å². The van der Waals surface area contributed by atoms with Crippen molar-refractivity contribution in [2.24, 2.45) is 0 Å². The average Bonchev–Trinajstić information content (AvgIpc) is 3.40. The average molecular weight is 446 g/mol. The lowest BCUT2D eigenvalue weighted by atomic mass is 10.0. The molecule has 1 amide bonds. The van der Waals surface area contributed by atoms with E-state index in [1.807, 2.05) is 11.0 Å². The third-order valence-electron chi connectivity index (χ3n) is 7.09. The second-order valence-corrected chi connectivity index (χ2v) is 9.33. The Morgan fingerprint density at radius 2 is 1.56 bits per heavy atom. The second-order valence-electron chi connectivity index (χ2n) is 9.33. The fourth-order valence-corrected chi connectivity index (χ4v) is 5.50. The van der Waals surface area contributed by atoms with Crippen LogP contribution < -0.4 is 4.90 Å². The SMILES string of the molecule is Cc1cccc(C)c1N1CC(c2nc3ccccc3n2Cc2cccc3ccccc23)CC1=O. The summed E-state index contributed by atoms with van der Waals surface area (Å²) in [5.74, 6) is 1.22. The zero-order valence-electron chi connectivity index (χ0n) is 19.5. The molecule has 1 aromatic heterocycles. The van der Waals surface area contributed by atoms with Gasteiger partial charge in [0, 0.05) is 31.1 Å². The summed E-state index contributed by atoms with van der Waals surface area (Å²) in [5, 5.41) is 2.50. The van der Waals surface area contributed by atoms with E-state index < -0.39 is 0 Å². The van der Waals surface area contributed by atoms with Crippen molar-refractivity contribution in [2.75, 3.05) is 11.4 Å². The van der Waals surface area contributed by atoms with Crippen LogP contribution in [0.5, 0.6) is 0 Å². The summed E-state index contributed by atoms with van der Waals surface area (Å²) >= 11 is 0. The molecular weight excluding hydrogens is 418 g/mol.